The van der Waals surface area contributed by atoms with Gasteiger partial charge in [-0.2, -0.15) is 0 Å². The normalized spacial score (nSPS) is 11.4. The van der Waals surface area contributed by atoms with Gasteiger partial charge in [-0.1, -0.05) is 30.3 Å². The lowest BCUT2D eigenvalue weighted by atomic mass is 10.1. The van der Waals surface area contributed by atoms with Gasteiger partial charge in [-0.25, -0.2) is 17.5 Å². The smallest absolute Gasteiger partial charge is 0.240 e. The second-order valence-electron chi connectivity index (χ2n) is 8.03. The van der Waals surface area contributed by atoms with Crippen LogP contribution in [0.15, 0.2) is 77.8 Å². The third-order valence-electron chi connectivity index (χ3n) is 5.69. The number of fused-ring (bicyclic) bond motifs is 1. The number of alkyl halides is 1. The fraction of sp³-hybridized carbons (Fsp3) is 0.222. The van der Waals surface area contributed by atoms with Crippen LogP contribution in [0.2, 0.25) is 0 Å². The number of aryl methyl sites for hydroxylation is 1. The van der Waals surface area contributed by atoms with Gasteiger partial charge in [-0.3, -0.25) is 4.98 Å². The molecule has 36 heavy (non-hydrogen) atoms. The number of ether oxygens (including phenoxy) is 3. The lowest BCUT2D eigenvalue weighted by Gasteiger charge is -2.15. The van der Waals surface area contributed by atoms with E-state index in [9.17, 15) is 12.8 Å². The van der Waals surface area contributed by atoms with Crippen molar-refractivity contribution < 1.29 is 27.0 Å². The number of hydrogen-bond acceptors (Lipinski definition) is 6. The summed E-state index contributed by atoms with van der Waals surface area (Å²) in [5.74, 6) is 1.64. The van der Waals surface area contributed by atoms with Crippen molar-refractivity contribution in [2.75, 3.05) is 20.8 Å². The highest BCUT2D eigenvalue weighted by atomic mass is 32.2. The van der Waals surface area contributed by atoms with Gasteiger partial charge in [-0.05, 0) is 48.7 Å². The first-order valence-electron chi connectivity index (χ1n) is 11.4. The molecule has 0 unspecified atom stereocenters. The summed E-state index contributed by atoms with van der Waals surface area (Å²) in [7, 11) is -0.743. The van der Waals surface area contributed by atoms with E-state index in [2.05, 4.69) is 9.71 Å². The molecule has 4 aromatic rings. The second-order valence-corrected chi connectivity index (χ2v) is 9.79. The summed E-state index contributed by atoms with van der Waals surface area (Å²) >= 11 is 0. The molecule has 0 aliphatic carbocycles. The van der Waals surface area contributed by atoms with E-state index in [1.165, 1.54) is 32.4 Å². The fourth-order valence-corrected chi connectivity index (χ4v) is 4.93. The largest absolute Gasteiger partial charge is 0.493 e. The van der Waals surface area contributed by atoms with E-state index in [1.54, 1.807) is 24.4 Å². The number of hydrogen-bond donors (Lipinski definition) is 1. The van der Waals surface area contributed by atoms with E-state index in [-0.39, 0.29) is 22.8 Å². The first kappa shape index (κ1) is 25.4. The van der Waals surface area contributed by atoms with Crippen LogP contribution in [0.3, 0.4) is 0 Å². The van der Waals surface area contributed by atoms with Gasteiger partial charge in [0.2, 0.25) is 10.0 Å². The van der Waals surface area contributed by atoms with Crippen molar-refractivity contribution in [1.29, 1.82) is 0 Å². The summed E-state index contributed by atoms with van der Waals surface area (Å²) < 4.78 is 58.8. The first-order chi connectivity index (χ1) is 17.4. The Balaban J connectivity index is 1.52. The van der Waals surface area contributed by atoms with Crippen molar-refractivity contribution in [1.82, 2.24) is 9.71 Å². The predicted molar refractivity (Wildman–Crippen MR) is 136 cm³/mol. The van der Waals surface area contributed by atoms with E-state index in [0.29, 0.717) is 34.6 Å². The maximum Gasteiger partial charge on any atom is 0.240 e. The molecule has 0 amide bonds. The second kappa shape index (κ2) is 11.4. The zero-order valence-electron chi connectivity index (χ0n) is 20.0. The average molecular weight is 511 g/mol. The number of nitrogens with zero attached hydrogens (tertiary/aromatic N) is 1. The molecular formula is C27H27FN2O5S. The maximum absolute atomic E-state index is 13.9. The van der Waals surface area contributed by atoms with E-state index < -0.39 is 16.7 Å². The number of halogens is 1. The zero-order valence-corrected chi connectivity index (χ0v) is 20.8. The third-order valence-corrected chi connectivity index (χ3v) is 7.15. The number of aromatic nitrogens is 1. The Morgan fingerprint density at radius 2 is 1.64 bits per heavy atom. The van der Waals surface area contributed by atoms with Gasteiger partial charge in [0.25, 0.3) is 0 Å². The molecule has 1 heterocycles. The van der Waals surface area contributed by atoms with Crippen LogP contribution in [0.5, 0.6) is 23.0 Å². The van der Waals surface area contributed by atoms with Crippen LogP contribution < -0.4 is 18.9 Å². The quantitative estimate of drug-likeness (QED) is 0.271. The minimum atomic E-state index is -3.80. The predicted octanol–water partition coefficient (Wildman–Crippen LogP) is 5.42. The van der Waals surface area contributed by atoms with E-state index in [1.807, 2.05) is 30.3 Å². The van der Waals surface area contributed by atoms with Crippen molar-refractivity contribution >= 4 is 20.9 Å². The summed E-state index contributed by atoms with van der Waals surface area (Å²) in [6.45, 7) is -0.623. The summed E-state index contributed by atoms with van der Waals surface area (Å²) in [6, 6.07) is 19.1. The van der Waals surface area contributed by atoms with Crippen LogP contribution in [0, 0.1) is 0 Å². The molecule has 7 nitrogen and oxygen atoms in total. The number of nitrogens with one attached hydrogen (secondary N) is 1. The van der Waals surface area contributed by atoms with Crippen LogP contribution >= 0.6 is 0 Å². The maximum atomic E-state index is 13.9. The first-order valence-corrected chi connectivity index (χ1v) is 12.8. The van der Waals surface area contributed by atoms with Gasteiger partial charge in [-0.15, -0.1) is 0 Å². The summed E-state index contributed by atoms with van der Waals surface area (Å²) in [4.78, 5) is 4.31. The molecule has 0 spiro atoms. The molecule has 0 radical (unpaired) electrons. The molecule has 1 aromatic heterocycles. The topological polar surface area (TPSA) is 86.8 Å². The molecule has 4 rings (SSSR count). The van der Waals surface area contributed by atoms with Gasteiger partial charge in [0.05, 0.1) is 24.6 Å². The average Bonchev–Trinajstić information content (AvgIpc) is 2.91. The van der Waals surface area contributed by atoms with Crippen LogP contribution in [-0.2, 0) is 23.1 Å². The molecule has 0 aliphatic rings. The van der Waals surface area contributed by atoms with Crippen molar-refractivity contribution in [2.45, 2.75) is 24.4 Å². The van der Waals surface area contributed by atoms with Gasteiger partial charge in [0.15, 0.2) is 11.5 Å². The van der Waals surface area contributed by atoms with Crippen molar-refractivity contribution in [2.24, 2.45) is 0 Å². The molecule has 0 fully saturated rings. The molecule has 0 aliphatic heterocycles. The third kappa shape index (κ3) is 5.75. The standard InChI is InChI=1S/C27H27FN2O5S/c1-33-26-16-22-23(17-27(26)34-2)29-14-12-25(22)35-24-11-10-21(15-20(24)18-28)36(31,32)30-13-6-9-19-7-4-3-5-8-19/h3-5,7-8,10-12,14-17,30H,6,9,13,18H2,1-2H3. The van der Waals surface area contributed by atoms with Gasteiger partial charge >= 0.3 is 0 Å². The van der Waals surface area contributed by atoms with Crippen molar-refractivity contribution in [3.63, 3.8) is 0 Å². The van der Waals surface area contributed by atoms with Crippen LogP contribution in [0.1, 0.15) is 17.5 Å². The SMILES string of the molecule is COc1cc2nccc(Oc3ccc(S(=O)(=O)NCCCc4ccccc4)cc3CF)c2cc1OC. The molecule has 0 bridgehead atoms. The van der Waals surface area contributed by atoms with Gasteiger partial charge in [0, 0.05) is 29.8 Å². The van der Waals surface area contributed by atoms with E-state index >= 15 is 0 Å². The summed E-state index contributed by atoms with van der Waals surface area (Å²) in [5.41, 5.74) is 1.86. The molecule has 188 valence electrons. The number of benzene rings is 3. The monoisotopic (exact) mass is 510 g/mol. The molecule has 0 saturated carbocycles. The van der Waals surface area contributed by atoms with Crippen molar-refractivity contribution in [3.05, 3.63) is 84.1 Å². The number of rotatable bonds is 11. The van der Waals surface area contributed by atoms with Crippen molar-refractivity contribution in [3.8, 4) is 23.0 Å². The minimum absolute atomic E-state index is 0.0202. The van der Waals surface area contributed by atoms with E-state index in [4.69, 9.17) is 14.2 Å². The lowest BCUT2D eigenvalue weighted by molar-refractivity contribution is 0.355. The van der Waals surface area contributed by atoms with Crippen LogP contribution in [-0.4, -0.2) is 34.2 Å². The number of sulfonamides is 1. The Labute approximate surface area is 209 Å². The Hall–Kier alpha value is -3.69. The molecule has 0 atom stereocenters. The highest BCUT2D eigenvalue weighted by molar-refractivity contribution is 7.89. The molecule has 3 aromatic carbocycles. The Bertz CT molecular complexity index is 1450. The summed E-state index contributed by atoms with van der Waals surface area (Å²) in [6.07, 6.45) is 2.96. The Morgan fingerprint density at radius 1 is 0.889 bits per heavy atom. The zero-order chi connectivity index (χ0) is 25.5. The van der Waals surface area contributed by atoms with Gasteiger partial charge in [0.1, 0.15) is 18.2 Å². The number of methoxy groups -OCH3 is 2. The molecule has 1 N–H and O–H groups in total. The van der Waals surface area contributed by atoms with Crippen LogP contribution in [0.25, 0.3) is 10.9 Å². The highest BCUT2D eigenvalue weighted by Crippen LogP contribution is 2.38. The lowest BCUT2D eigenvalue weighted by Crippen LogP contribution is -2.25. The van der Waals surface area contributed by atoms with Crippen LogP contribution in [0.4, 0.5) is 4.39 Å². The molecular weight excluding hydrogens is 483 g/mol. The fourth-order valence-electron chi connectivity index (χ4n) is 3.81. The highest BCUT2D eigenvalue weighted by Gasteiger charge is 2.18. The Morgan fingerprint density at radius 3 is 2.36 bits per heavy atom. The number of pyridine rings is 1. The van der Waals surface area contributed by atoms with E-state index in [0.717, 1.165) is 12.0 Å². The molecule has 0 saturated heterocycles. The minimum Gasteiger partial charge on any atom is -0.493 e. The Kier molecular flexibility index (Phi) is 8.02. The summed E-state index contributed by atoms with van der Waals surface area (Å²) in [5, 5.41) is 0.636. The van der Waals surface area contributed by atoms with Gasteiger partial charge < -0.3 is 14.2 Å². The molecule has 9 heteroatoms.